The van der Waals surface area contributed by atoms with Crippen molar-refractivity contribution in [1.82, 2.24) is 10.3 Å². The van der Waals surface area contributed by atoms with E-state index in [0.717, 1.165) is 48.7 Å². The number of guanidine groups is 1. The molecular weight excluding hydrogens is 374 g/mol. The van der Waals surface area contributed by atoms with Crippen LogP contribution in [0.4, 0.5) is 5.69 Å². The molecule has 0 fully saturated rings. The van der Waals surface area contributed by atoms with Crippen molar-refractivity contribution in [3.63, 3.8) is 0 Å². The third kappa shape index (κ3) is 9.24. The Morgan fingerprint density at radius 1 is 1.07 bits per heavy atom. The molecule has 0 unspecified atom stereocenters. The van der Waals surface area contributed by atoms with E-state index >= 15 is 0 Å². The molecule has 0 aliphatic heterocycles. The van der Waals surface area contributed by atoms with Crippen LogP contribution in [0.3, 0.4) is 0 Å². The van der Waals surface area contributed by atoms with Gasteiger partial charge in [-0.1, -0.05) is 37.3 Å². The predicted molar refractivity (Wildman–Crippen MR) is 114 cm³/mol. The van der Waals surface area contributed by atoms with E-state index < -0.39 is 0 Å². The summed E-state index contributed by atoms with van der Waals surface area (Å²) in [7, 11) is 0. The lowest BCUT2D eigenvalue weighted by Crippen LogP contribution is -2.27. The van der Waals surface area contributed by atoms with Crippen molar-refractivity contribution in [2.24, 2.45) is 4.99 Å². The first-order valence-electron chi connectivity index (χ1n) is 9.53. The zero-order valence-electron chi connectivity index (χ0n) is 15.9. The predicted octanol–water partition coefficient (Wildman–Crippen LogP) is 4.99. The molecular formula is C21H26ClN5O. The summed E-state index contributed by atoms with van der Waals surface area (Å²) in [5.41, 5.74) is 0.796. The molecule has 2 rings (SSSR count). The Morgan fingerprint density at radius 2 is 1.82 bits per heavy atom. The van der Waals surface area contributed by atoms with Gasteiger partial charge in [0, 0.05) is 17.8 Å². The second kappa shape index (κ2) is 13.4. The molecule has 1 aromatic heterocycles. The van der Waals surface area contributed by atoms with Crippen LogP contribution >= 0.6 is 11.6 Å². The number of anilines is 1. The van der Waals surface area contributed by atoms with Crippen molar-refractivity contribution >= 4 is 23.2 Å². The largest absolute Gasteiger partial charge is 0.494 e. The molecule has 2 aromatic rings. The Bertz CT molecular complexity index is 744. The van der Waals surface area contributed by atoms with Gasteiger partial charge in [-0.15, -0.1) is 0 Å². The minimum atomic E-state index is 0.454. The van der Waals surface area contributed by atoms with Gasteiger partial charge in [0.05, 0.1) is 18.5 Å². The molecule has 148 valence electrons. The quantitative estimate of drug-likeness (QED) is 0.183. The van der Waals surface area contributed by atoms with Crippen molar-refractivity contribution in [1.29, 1.82) is 5.26 Å². The summed E-state index contributed by atoms with van der Waals surface area (Å²) < 4.78 is 5.68. The van der Waals surface area contributed by atoms with E-state index in [9.17, 15) is 0 Å². The number of halogens is 1. The van der Waals surface area contributed by atoms with Gasteiger partial charge in [0.2, 0.25) is 5.96 Å². The average Bonchev–Trinajstić information content (AvgIpc) is 2.71. The van der Waals surface area contributed by atoms with Crippen LogP contribution in [0.1, 0.15) is 38.5 Å². The summed E-state index contributed by atoms with van der Waals surface area (Å²) in [6.45, 7) is 1.41. The van der Waals surface area contributed by atoms with Crippen LogP contribution in [0.5, 0.6) is 5.75 Å². The second-order valence-corrected chi connectivity index (χ2v) is 6.69. The molecule has 0 bridgehead atoms. The fourth-order valence-corrected chi connectivity index (χ4v) is 2.70. The first kappa shape index (κ1) is 21.5. The molecule has 0 aliphatic carbocycles. The molecule has 0 radical (unpaired) electrons. The molecule has 0 aliphatic rings. The van der Waals surface area contributed by atoms with E-state index in [0.29, 0.717) is 12.5 Å². The Kier molecular flexibility index (Phi) is 10.3. The van der Waals surface area contributed by atoms with Gasteiger partial charge < -0.3 is 10.1 Å². The number of unbranched alkanes of at least 4 members (excludes halogenated alkanes) is 5. The van der Waals surface area contributed by atoms with E-state index in [1.54, 1.807) is 12.4 Å². The van der Waals surface area contributed by atoms with Crippen LogP contribution in [-0.4, -0.2) is 24.1 Å². The highest BCUT2D eigenvalue weighted by Crippen LogP contribution is 2.16. The first-order chi connectivity index (χ1) is 13.8. The van der Waals surface area contributed by atoms with E-state index in [-0.39, 0.29) is 0 Å². The standard InChI is InChI=1S/C21H26ClN5O/c22-18-9-11-20(12-10-18)28-15-6-4-2-1-3-5-14-25-21(26-17-23)27-19-8-7-13-24-16-19/h7-13,16H,1-6,14-15H2,(H2,25,26,27). The van der Waals surface area contributed by atoms with E-state index in [4.69, 9.17) is 21.6 Å². The highest BCUT2D eigenvalue weighted by molar-refractivity contribution is 6.30. The van der Waals surface area contributed by atoms with E-state index in [1.165, 1.54) is 12.8 Å². The summed E-state index contributed by atoms with van der Waals surface area (Å²) in [4.78, 5) is 8.44. The number of rotatable bonds is 11. The number of hydrogen-bond acceptors (Lipinski definition) is 4. The topological polar surface area (TPSA) is 82.3 Å². The lowest BCUT2D eigenvalue weighted by Gasteiger charge is -2.07. The highest BCUT2D eigenvalue weighted by atomic mass is 35.5. The Hall–Kier alpha value is -2.78. The minimum Gasteiger partial charge on any atom is -0.494 e. The van der Waals surface area contributed by atoms with Gasteiger partial charge in [-0.25, -0.2) is 0 Å². The van der Waals surface area contributed by atoms with Gasteiger partial charge in [-0.2, -0.15) is 5.26 Å². The molecule has 0 atom stereocenters. The molecule has 28 heavy (non-hydrogen) atoms. The lowest BCUT2D eigenvalue weighted by atomic mass is 10.1. The van der Waals surface area contributed by atoms with Crippen molar-refractivity contribution in [2.75, 3.05) is 18.5 Å². The number of aromatic nitrogens is 1. The van der Waals surface area contributed by atoms with Crippen LogP contribution in [0.25, 0.3) is 0 Å². The van der Waals surface area contributed by atoms with Crippen molar-refractivity contribution in [3.05, 3.63) is 53.8 Å². The first-order valence-corrected chi connectivity index (χ1v) is 9.90. The summed E-state index contributed by atoms with van der Waals surface area (Å²) in [6, 6.07) is 11.2. The lowest BCUT2D eigenvalue weighted by molar-refractivity contribution is 0.304. The molecule has 0 saturated heterocycles. The van der Waals surface area contributed by atoms with Gasteiger partial charge >= 0.3 is 0 Å². The van der Waals surface area contributed by atoms with Crippen LogP contribution in [-0.2, 0) is 0 Å². The average molecular weight is 400 g/mol. The number of hydrogen-bond donors (Lipinski definition) is 2. The molecule has 7 heteroatoms. The molecule has 2 N–H and O–H groups in total. The van der Waals surface area contributed by atoms with Crippen LogP contribution in [0.15, 0.2) is 53.8 Å². The zero-order valence-corrected chi connectivity index (χ0v) is 16.7. The summed E-state index contributed by atoms with van der Waals surface area (Å²) >= 11 is 5.85. The number of ether oxygens (including phenoxy) is 1. The third-order valence-corrected chi connectivity index (χ3v) is 4.26. The maximum absolute atomic E-state index is 8.83. The molecule has 1 heterocycles. The molecule has 0 saturated carbocycles. The fourth-order valence-electron chi connectivity index (χ4n) is 2.57. The number of nitriles is 1. The second-order valence-electron chi connectivity index (χ2n) is 6.26. The van der Waals surface area contributed by atoms with Crippen LogP contribution in [0.2, 0.25) is 5.02 Å². The maximum atomic E-state index is 8.83. The molecule has 6 nitrogen and oxygen atoms in total. The summed E-state index contributed by atoms with van der Waals surface area (Å²) in [5.74, 6) is 1.32. The van der Waals surface area contributed by atoms with Gasteiger partial charge in [0.25, 0.3) is 0 Å². The fraction of sp³-hybridized carbons (Fsp3) is 0.381. The number of nitrogens with one attached hydrogen (secondary N) is 2. The highest BCUT2D eigenvalue weighted by Gasteiger charge is 1.99. The SMILES string of the molecule is N#CNC(=NCCCCCCCCOc1ccc(Cl)cc1)Nc1cccnc1. The van der Waals surface area contributed by atoms with Crippen LogP contribution < -0.4 is 15.4 Å². The van der Waals surface area contributed by atoms with Gasteiger partial charge in [0.15, 0.2) is 6.19 Å². The minimum absolute atomic E-state index is 0.454. The Labute approximate surface area is 171 Å². The number of pyridine rings is 1. The van der Waals surface area contributed by atoms with Gasteiger partial charge in [-0.3, -0.25) is 15.3 Å². The number of aliphatic imine (C=N–C) groups is 1. The Morgan fingerprint density at radius 3 is 2.54 bits per heavy atom. The summed E-state index contributed by atoms with van der Waals surface area (Å²) in [5, 5.41) is 15.2. The summed E-state index contributed by atoms with van der Waals surface area (Å²) in [6.07, 6.45) is 12.0. The Balaban J connectivity index is 1.51. The number of nitrogens with zero attached hydrogens (tertiary/aromatic N) is 3. The molecule has 0 spiro atoms. The normalized spacial score (nSPS) is 10.9. The monoisotopic (exact) mass is 399 g/mol. The van der Waals surface area contributed by atoms with E-state index in [2.05, 4.69) is 20.6 Å². The van der Waals surface area contributed by atoms with Crippen molar-refractivity contribution < 1.29 is 4.74 Å². The van der Waals surface area contributed by atoms with Gasteiger partial charge in [0.1, 0.15) is 5.75 Å². The zero-order chi connectivity index (χ0) is 19.9. The number of benzene rings is 1. The molecule has 1 aromatic carbocycles. The van der Waals surface area contributed by atoms with E-state index in [1.807, 2.05) is 42.6 Å². The smallest absolute Gasteiger partial charge is 0.209 e. The van der Waals surface area contributed by atoms with Gasteiger partial charge in [-0.05, 0) is 49.2 Å². The third-order valence-electron chi connectivity index (χ3n) is 4.00. The molecule has 0 amide bonds. The maximum Gasteiger partial charge on any atom is 0.209 e. The van der Waals surface area contributed by atoms with Crippen molar-refractivity contribution in [3.8, 4) is 11.9 Å². The van der Waals surface area contributed by atoms with Crippen LogP contribution in [0, 0.1) is 11.5 Å². The van der Waals surface area contributed by atoms with Crippen molar-refractivity contribution in [2.45, 2.75) is 38.5 Å².